The van der Waals surface area contributed by atoms with E-state index >= 15 is 0 Å². The highest BCUT2D eigenvalue weighted by atomic mass is 32.1. The van der Waals surface area contributed by atoms with Crippen molar-refractivity contribution < 1.29 is 9.18 Å². The molecule has 0 bridgehead atoms. The van der Waals surface area contributed by atoms with Crippen molar-refractivity contribution in [1.82, 2.24) is 10.3 Å². The third-order valence-electron chi connectivity index (χ3n) is 2.38. The number of carbonyl (C=O) groups excluding carboxylic acids is 1. The molecule has 0 saturated carbocycles. The molecule has 1 heterocycles. The minimum Gasteiger partial charge on any atom is -0.346 e. The van der Waals surface area contributed by atoms with E-state index in [9.17, 15) is 14.0 Å². The van der Waals surface area contributed by atoms with Gasteiger partial charge in [-0.05, 0) is 19.1 Å². The van der Waals surface area contributed by atoms with Gasteiger partial charge in [0.1, 0.15) is 5.82 Å². The van der Waals surface area contributed by atoms with E-state index in [1.807, 2.05) is 0 Å². The Morgan fingerprint density at radius 3 is 2.94 bits per heavy atom. The van der Waals surface area contributed by atoms with Gasteiger partial charge in [-0.15, -0.1) is 0 Å². The van der Waals surface area contributed by atoms with Crippen LogP contribution in [0.3, 0.4) is 0 Å². The van der Waals surface area contributed by atoms with E-state index in [1.165, 1.54) is 12.1 Å². The molecule has 1 aromatic carbocycles. The molecule has 0 aliphatic heterocycles. The maximum Gasteiger partial charge on any atom is 0.304 e. The molecule has 0 atom stereocenters. The van der Waals surface area contributed by atoms with Crippen LogP contribution in [0.5, 0.6) is 0 Å². The van der Waals surface area contributed by atoms with E-state index < -0.39 is 11.7 Å². The summed E-state index contributed by atoms with van der Waals surface area (Å²) in [5, 5.41) is 4.17. The Hall–Kier alpha value is -1.95. The molecule has 0 aliphatic carbocycles. The Kier molecular flexibility index (Phi) is 3.57. The summed E-state index contributed by atoms with van der Waals surface area (Å²) in [6, 6.07) is 4.35. The van der Waals surface area contributed by atoms with Gasteiger partial charge in [-0.3, -0.25) is 9.59 Å². The van der Waals surface area contributed by atoms with Crippen molar-refractivity contribution in [2.24, 2.45) is 0 Å². The molecule has 2 N–H and O–H groups in total. The highest BCUT2D eigenvalue weighted by Gasteiger charge is 2.11. The van der Waals surface area contributed by atoms with E-state index in [0.717, 1.165) is 16.9 Å². The van der Waals surface area contributed by atoms with Crippen LogP contribution in [0.1, 0.15) is 21.6 Å². The molecule has 2 aromatic rings. The number of aryl methyl sites for hydroxylation is 1. The van der Waals surface area contributed by atoms with Gasteiger partial charge in [0, 0.05) is 11.1 Å². The van der Waals surface area contributed by atoms with Gasteiger partial charge < -0.3 is 10.3 Å². The van der Waals surface area contributed by atoms with Crippen molar-refractivity contribution in [3.8, 4) is 0 Å². The van der Waals surface area contributed by atoms with E-state index in [1.54, 1.807) is 18.4 Å². The minimum atomic E-state index is -0.558. The lowest BCUT2D eigenvalue weighted by Crippen LogP contribution is -2.24. The number of carbonyl (C=O) groups is 1. The van der Waals surface area contributed by atoms with Crippen molar-refractivity contribution in [3.63, 3.8) is 0 Å². The largest absolute Gasteiger partial charge is 0.346 e. The smallest absolute Gasteiger partial charge is 0.304 e. The standard InChI is InChI=1S/C12H11FN2O2S/c1-7-2-3-10(13)9(4-7)11(16)14-5-8-6-18-12(17)15-8/h2-4,6H,5H2,1H3,(H,14,16)(H,15,17). The molecule has 1 aromatic heterocycles. The van der Waals surface area contributed by atoms with Crippen LogP contribution in [0.4, 0.5) is 4.39 Å². The predicted molar refractivity (Wildman–Crippen MR) is 67.2 cm³/mol. The second-order valence-corrected chi connectivity index (χ2v) is 4.68. The highest BCUT2D eigenvalue weighted by molar-refractivity contribution is 7.07. The Bertz CT molecular complexity index is 633. The van der Waals surface area contributed by atoms with Gasteiger partial charge in [0.2, 0.25) is 0 Å². The number of amides is 1. The lowest BCUT2D eigenvalue weighted by molar-refractivity contribution is 0.0946. The molecule has 18 heavy (non-hydrogen) atoms. The molecule has 2 rings (SSSR count). The third-order valence-corrected chi connectivity index (χ3v) is 3.10. The summed E-state index contributed by atoms with van der Waals surface area (Å²) in [6.07, 6.45) is 0. The first-order valence-electron chi connectivity index (χ1n) is 5.27. The predicted octanol–water partition coefficient (Wildman–Crippen LogP) is 1.81. The van der Waals surface area contributed by atoms with Gasteiger partial charge in [-0.25, -0.2) is 4.39 Å². The minimum absolute atomic E-state index is 0.00702. The van der Waals surface area contributed by atoms with Gasteiger partial charge in [0.25, 0.3) is 5.91 Å². The van der Waals surface area contributed by atoms with Gasteiger partial charge in [0.05, 0.1) is 12.1 Å². The number of thiazole rings is 1. The Balaban J connectivity index is 2.08. The lowest BCUT2D eigenvalue weighted by atomic mass is 10.1. The van der Waals surface area contributed by atoms with Crippen LogP contribution in [0.2, 0.25) is 0 Å². The number of benzene rings is 1. The third kappa shape index (κ3) is 2.84. The Morgan fingerprint density at radius 1 is 1.50 bits per heavy atom. The van der Waals surface area contributed by atoms with Crippen molar-refractivity contribution in [3.05, 3.63) is 55.9 Å². The van der Waals surface area contributed by atoms with Crippen molar-refractivity contribution in [1.29, 1.82) is 0 Å². The molecule has 0 unspecified atom stereocenters. The normalized spacial score (nSPS) is 10.3. The van der Waals surface area contributed by atoms with Crippen LogP contribution in [0, 0.1) is 12.7 Å². The molecule has 0 spiro atoms. The van der Waals surface area contributed by atoms with Crippen molar-refractivity contribution in [2.75, 3.05) is 0 Å². The Morgan fingerprint density at radius 2 is 2.28 bits per heavy atom. The zero-order valence-electron chi connectivity index (χ0n) is 9.62. The summed E-state index contributed by atoms with van der Waals surface area (Å²) < 4.78 is 13.4. The molecule has 94 valence electrons. The lowest BCUT2D eigenvalue weighted by Gasteiger charge is -2.05. The fourth-order valence-electron chi connectivity index (χ4n) is 1.48. The van der Waals surface area contributed by atoms with Gasteiger partial charge in [0.15, 0.2) is 0 Å². The first-order chi connectivity index (χ1) is 8.56. The van der Waals surface area contributed by atoms with Gasteiger partial charge in [-0.2, -0.15) is 0 Å². The maximum absolute atomic E-state index is 13.4. The first kappa shape index (κ1) is 12.5. The van der Waals surface area contributed by atoms with Crippen LogP contribution < -0.4 is 10.2 Å². The van der Waals surface area contributed by atoms with Crippen LogP contribution >= 0.6 is 11.3 Å². The van der Waals surface area contributed by atoms with E-state index in [0.29, 0.717) is 5.69 Å². The SMILES string of the molecule is Cc1ccc(F)c(C(=O)NCc2csc(=O)[nH]2)c1. The molecule has 6 heteroatoms. The number of H-pyrrole nitrogens is 1. The summed E-state index contributed by atoms with van der Waals surface area (Å²) >= 11 is 1.02. The molecule has 1 amide bonds. The number of nitrogens with one attached hydrogen (secondary N) is 2. The molecule has 0 fully saturated rings. The quantitative estimate of drug-likeness (QED) is 0.890. The monoisotopic (exact) mass is 266 g/mol. The van der Waals surface area contributed by atoms with Crippen molar-refractivity contribution >= 4 is 17.2 Å². The van der Waals surface area contributed by atoms with E-state index in [2.05, 4.69) is 10.3 Å². The molecule has 0 aliphatic rings. The number of hydrogen-bond donors (Lipinski definition) is 2. The molecular formula is C12H11FN2O2S. The highest BCUT2D eigenvalue weighted by Crippen LogP contribution is 2.10. The maximum atomic E-state index is 13.4. The number of aromatic nitrogens is 1. The first-order valence-corrected chi connectivity index (χ1v) is 6.15. The van der Waals surface area contributed by atoms with E-state index in [-0.39, 0.29) is 17.0 Å². The Labute approximate surface area is 106 Å². The average molecular weight is 266 g/mol. The zero-order chi connectivity index (χ0) is 13.1. The van der Waals surface area contributed by atoms with Crippen molar-refractivity contribution in [2.45, 2.75) is 13.5 Å². The van der Waals surface area contributed by atoms with Crippen LogP contribution in [-0.4, -0.2) is 10.9 Å². The fraction of sp³-hybridized carbons (Fsp3) is 0.167. The molecular weight excluding hydrogens is 255 g/mol. The average Bonchev–Trinajstić information content (AvgIpc) is 2.75. The van der Waals surface area contributed by atoms with E-state index in [4.69, 9.17) is 0 Å². The summed E-state index contributed by atoms with van der Waals surface area (Å²) in [5.74, 6) is -1.06. The number of halogens is 1. The topological polar surface area (TPSA) is 62.0 Å². The summed E-state index contributed by atoms with van der Waals surface area (Å²) in [5.41, 5.74) is 1.42. The summed E-state index contributed by atoms with van der Waals surface area (Å²) in [4.78, 5) is 25.0. The summed E-state index contributed by atoms with van der Waals surface area (Å²) in [6.45, 7) is 1.96. The number of aromatic amines is 1. The summed E-state index contributed by atoms with van der Waals surface area (Å²) in [7, 11) is 0. The van der Waals surface area contributed by atoms with Gasteiger partial charge in [-0.1, -0.05) is 23.0 Å². The molecule has 4 nitrogen and oxygen atoms in total. The number of rotatable bonds is 3. The van der Waals surface area contributed by atoms with Crippen LogP contribution in [0.25, 0.3) is 0 Å². The zero-order valence-corrected chi connectivity index (χ0v) is 10.4. The van der Waals surface area contributed by atoms with Crippen LogP contribution in [0.15, 0.2) is 28.4 Å². The van der Waals surface area contributed by atoms with Crippen LogP contribution in [-0.2, 0) is 6.54 Å². The fourth-order valence-corrected chi connectivity index (χ4v) is 2.07. The molecule has 0 radical (unpaired) electrons. The van der Waals surface area contributed by atoms with Gasteiger partial charge >= 0.3 is 4.87 Å². The second kappa shape index (κ2) is 5.14. The molecule has 0 saturated heterocycles. The second-order valence-electron chi connectivity index (χ2n) is 3.84. The number of hydrogen-bond acceptors (Lipinski definition) is 3.